The van der Waals surface area contributed by atoms with Crippen molar-refractivity contribution in [3.8, 4) is 0 Å². The third kappa shape index (κ3) is 2.78. The van der Waals surface area contributed by atoms with E-state index in [1.807, 2.05) is 25.6 Å². The Balaban J connectivity index is 1.90. The van der Waals surface area contributed by atoms with Crippen molar-refractivity contribution in [2.75, 3.05) is 18.6 Å². The summed E-state index contributed by atoms with van der Waals surface area (Å²) in [5.41, 5.74) is 4.43. The van der Waals surface area contributed by atoms with Gasteiger partial charge in [0.15, 0.2) is 0 Å². The number of nitrogens with zero attached hydrogens (tertiary/aromatic N) is 5. The van der Waals surface area contributed by atoms with E-state index in [1.54, 1.807) is 0 Å². The molecule has 0 radical (unpaired) electrons. The van der Waals surface area contributed by atoms with Gasteiger partial charge in [-0.25, -0.2) is 14.8 Å². The molecular formula is C20H25N5O2S. The lowest BCUT2D eigenvalue weighted by Crippen LogP contribution is -2.25. The van der Waals surface area contributed by atoms with Crippen molar-refractivity contribution >= 4 is 33.3 Å². The number of anilines is 1. The van der Waals surface area contributed by atoms with Crippen LogP contribution in [-0.2, 0) is 11.8 Å². The van der Waals surface area contributed by atoms with Crippen molar-refractivity contribution in [3.05, 3.63) is 33.2 Å². The van der Waals surface area contributed by atoms with Crippen LogP contribution in [0.15, 0.2) is 0 Å². The van der Waals surface area contributed by atoms with Gasteiger partial charge in [-0.3, -0.25) is 4.68 Å². The lowest BCUT2D eigenvalue weighted by Gasteiger charge is -2.27. The molecule has 1 aliphatic heterocycles. The van der Waals surface area contributed by atoms with Crippen LogP contribution in [0.2, 0.25) is 0 Å². The van der Waals surface area contributed by atoms with Gasteiger partial charge in [-0.1, -0.05) is 0 Å². The first-order valence-electron chi connectivity index (χ1n) is 9.46. The maximum absolute atomic E-state index is 12.2. The van der Waals surface area contributed by atoms with Crippen LogP contribution in [0.25, 0.3) is 10.2 Å². The van der Waals surface area contributed by atoms with Gasteiger partial charge in [0.1, 0.15) is 21.3 Å². The van der Waals surface area contributed by atoms with Gasteiger partial charge in [0.25, 0.3) is 0 Å². The number of carbonyl (C=O) groups is 1. The third-order valence-corrected chi connectivity index (χ3v) is 6.84. The molecule has 1 unspecified atom stereocenters. The molecule has 1 saturated heterocycles. The third-order valence-electron chi connectivity index (χ3n) is 5.68. The van der Waals surface area contributed by atoms with E-state index in [1.165, 1.54) is 29.7 Å². The van der Waals surface area contributed by atoms with Crippen LogP contribution in [-0.4, -0.2) is 39.4 Å². The largest absolute Gasteiger partial charge is 0.465 e. The average molecular weight is 400 g/mol. The van der Waals surface area contributed by atoms with E-state index >= 15 is 0 Å². The second kappa shape index (κ2) is 6.84. The monoisotopic (exact) mass is 399 g/mol. The van der Waals surface area contributed by atoms with Gasteiger partial charge in [0.2, 0.25) is 0 Å². The fourth-order valence-electron chi connectivity index (χ4n) is 4.31. The summed E-state index contributed by atoms with van der Waals surface area (Å²) < 4.78 is 6.92. The van der Waals surface area contributed by atoms with Gasteiger partial charge in [-0.15, -0.1) is 11.3 Å². The topological polar surface area (TPSA) is 73.1 Å². The van der Waals surface area contributed by atoms with Crippen molar-refractivity contribution in [1.29, 1.82) is 0 Å². The number of esters is 1. The lowest BCUT2D eigenvalue weighted by molar-refractivity contribution is 0.0605. The maximum Gasteiger partial charge on any atom is 0.348 e. The molecule has 1 atom stereocenters. The van der Waals surface area contributed by atoms with Crippen LogP contribution in [0.3, 0.4) is 0 Å². The molecule has 1 aliphatic rings. The summed E-state index contributed by atoms with van der Waals surface area (Å²) in [5.74, 6) is 1.31. The van der Waals surface area contributed by atoms with E-state index in [4.69, 9.17) is 9.72 Å². The first-order valence-corrected chi connectivity index (χ1v) is 10.3. The Morgan fingerprint density at radius 2 is 1.96 bits per heavy atom. The first kappa shape index (κ1) is 18.9. The normalized spacial score (nSPS) is 16.9. The minimum Gasteiger partial charge on any atom is -0.465 e. The zero-order valence-corrected chi connectivity index (χ0v) is 18.0. The number of aromatic nitrogens is 4. The summed E-state index contributed by atoms with van der Waals surface area (Å²) in [6.07, 6.45) is 2.15. The highest BCUT2D eigenvalue weighted by Gasteiger charge is 2.33. The highest BCUT2D eigenvalue weighted by atomic mass is 32.1. The number of thiophene rings is 1. The molecule has 8 heteroatoms. The van der Waals surface area contributed by atoms with Crippen molar-refractivity contribution in [2.45, 2.75) is 46.6 Å². The van der Waals surface area contributed by atoms with Crippen LogP contribution in [0.1, 0.15) is 56.9 Å². The number of hydrogen-bond donors (Lipinski definition) is 0. The summed E-state index contributed by atoms with van der Waals surface area (Å²) in [7, 11) is 3.40. The molecule has 4 rings (SSSR count). The van der Waals surface area contributed by atoms with Gasteiger partial charge >= 0.3 is 5.97 Å². The quantitative estimate of drug-likeness (QED) is 0.624. The Kier molecular flexibility index (Phi) is 4.61. The smallest absolute Gasteiger partial charge is 0.348 e. The molecule has 7 nitrogen and oxygen atoms in total. The van der Waals surface area contributed by atoms with Gasteiger partial charge in [-0.2, -0.15) is 5.10 Å². The minimum absolute atomic E-state index is 0.229. The number of ether oxygens (including phenoxy) is 1. The number of carbonyl (C=O) groups excluding carboxylic acids is 1. The molecule has 0 N–H and O–H groups in total. The van der Waals surface area contributed by atoms with Crippen LogP contribution < -0.4 is 4.90 Å². The Bertz CT molecular complexity index is 1080. The molecule has 3 aromatic rings. The molecule has 0 spiro atoms. The predicted molar refractivity (Wildman–Crippen MR) is 110 cm³/mol. The summed E-state index contributed by atoms with van der Waals surface area (Å²) in [6.45, 7) is 8.98. The maximum atomic E-state index is 12.2. The van der Waals surface area contributed by atoms with Crippen LogP contribution in [0.4, 0.5) is 5.82 Å². The zero-order chi connectivity index (χ0) is 20.2. The van der Waals surface area contributed by atoms with E-state index in [-0.39, 0.29) is 12.0 Å². The number of rotatable bonds is 3. The van der Waals surface area contributed by atoms with E-state index < -0.39 is 0 Å². The van der Waals surface area contributed by atoms with E-state index in [0.717, 1.165) is 46.7 Å². The average Bonchev–Trinajstić information content (AvgIpc) is 3.31. The summed E-state index contributed by atoms with van der Waals surface area (Å²) >= 11 is 1.38. The zero-order valence-electron chi connectivity index (χ0n) is 17.2. The van der Waals surface area contributed by atoms with Crippen LogP contribution >= 0.6 is 11.3 Å². The predicted octanol–water partition coefficient (Wildman–Crippen LogP) is 3.79. The molecule has 0 saturated carbocycles. The SMILES string of the molecule is COC(=O)c1sc2nc(C)nc(N3CCCC3c3c(C)nn(C)c3C)c2c1C. The summed E-state index contributed by atoms with van der Waals surface area (Å²) in [5, 5.41) is 5.58. The molecular weight excluding hydrogens is 374 g/mol. The highest BCUT2D eigenvalue weighted by Crippen LogP contribution is 2.43. The van der Waals surface area contributed by atoms with Crippen molar-refractivity contribution in [1.82, 2.24) is 19.7 Å². The van der Waals surface area contributed by atoms with Crippen LogP contribution in [0.5, 0.6) is 0 Å². The van der Waals surface area contributed by atoms with Crippen LogP contribution in [0, 0.1) is 27.7 Å². The van der Waals surface area contributed by atoms with Crippen molar-refractivity contribution < 1.29 is 9.53 Å². The summed E-state index contributed by atoms with van der Waals surface area (Å²) in [6, 6.07) is 0.229. The second-order valence-electron chi connectivity index (χ2n) is 7.38. The van der Waals surface area contributed by atoms with Crippen molar-refractivity contribution in [2.24, 2.45) is 7.05 Å². The lowest BCUT2D eigenvalue weighted by atomic mass is 10.0. The number of aryl methyl sites for hydroxylation is 4. The molecule has 1 fully saturated rings. The molecule has 3 aromatic heterocycles. The highest BCUT2D eigenvalue weighted by molar-refractivity contribution is 7.20. The van der Waals surface area contributed by atoms with E-state index in [0.29, 0.717) is 10.7 Å². The second-order valence-corrected chi connectivity index (χ2v) is 8.38. The molecule has 0 amide bonds. The summed E-state index contributed by atoms with van der Waals surface area (Å²) in [4.78, 5) is 25.4. The molecule has 0 bridgehead atoms. The minimum atomic E-state index is -0.318. The Morgan fingerprint density at radius 3 is 2.61 bits per heavy atom. The number of hydrogen-bond acceptors (Lipinski definition) is 7. The Morgan fingerprint density at radius 1 is 1.21 bits per heavy atom. The van der Waals surface area contributed by atoms with Gasteiger partial charge in [0, 0.05) is 24.8 Å². The Hall–Kier alpha value is -2.48. The van der Waals surface area contributed by atoms with E-state index in [9.17, 15) is 4.79 Å². The Labute approximate surface area is 168 Å². The van der Waals surface area contributed by atoms with Gasteiger partial charge in [-0.05, 0) is 46.1 Å². The fourth-order valence-corrected chi connectivity index (χ4v) is 5.45. The first-order chi connectivity index (χ1) is 13.3. The van der Waals surface area contributed by atoms with Gasteiger partial charge < -0.3 is 9.64 Å². The molecule has 28 heavy (non-hydrogen) atoms. The van der Waals surface area contributed by atoms with Gasteiger partial charge in [0.05, 0.1) is 24.2 Å². The fraction of sp³-hybridized carbons (Fsp3) is 0.500. The number of methoxy groups -OCH3 is 1. The van der Waals surface area contributed by atoms with E-state index in [2.05, 4.69) is 28.8 Å². The molecule has 4 heterocycles. The van der Waals surface area contributed by atoms with Crippen molar-refractivity contribution in [3.63, 3.8) is 0 Å². The molecule has 148 valence electrons. The standard InChI is InChI=1S/C20H25N5O2S/c1-10-15-18(21-13(4)22-19(15)28-17(10)20(26)27-6)25-9-7-8-14(25)16-11(2)23-24(5)12(16)3/h14H,7-9H2,1-6H3. The molecule has 0 aromatic carbocycles. The molecule has 0 aliphatic carbocycles. The number of fused-ring (bicyclic) bond motifs is 1.